The summed E-state index contributed by atoms with van der Waals surface area (Å²) >= 11 is 0. The summed E-state index contributed by atoms with van der Waals surface area (Å²) in [5.74, 6) is 0.809. The van der Waals surface area contributed by atoms with Gasteiger partial charge in [0.2, 0.25) is 0 Å². The summed E-state index contributed by atoms with van der Waals surface area (Å²) in [6, 6.07) is 0.828. The summed E-state index contributed by atoms with van der Waals surface area (Å²) in [6.07, 6.45) is 7.20. The molecule has 2 fully saturated rings. The highest BCUT2D eigenvalue weighted by atomic mass is 16.5. The second-order valence-corrected chi connectivity index (χ2v) is 6.20. The van der Waals surface area contributed by atoms with E-state index in [1.54, 1.807) is 0 Å². The molecule has 106 valence electrons. The van der Waals surface area contributed by atoms with Crippen molar-refractivity contribution >= 4 is 0 Å². The van der Waals surface area contributed by atoms with Crippen LogP contribution in [0.5, 0.6) is 0 Å². The predicted octanol–water partition coefficient (Wildman–Crippen LogP) is 2.43. The molecule has 3 nitrogen and oxygen atoms in total. The number of aliphatic hydroxyl groups is 1. The molecule has 1 saturated heterocycles. The molecule has 0 aromatic carbocycles. The van der Waals surface area contributed by atoms with E-state index in [2.05, 4.69) is 25.8 Å². The van der Waals surface area contributed by atoms with E-state index in [0.717, 1.165) is 31.8 Å². The van der Waals surface area contributed by atoms with Gasteiger partial charge >= 0.3 is 0 Å². The molecular weight excluding hydrogens is 226 g/mol. The Labute approximate surface area is 112 Å². The van der Waals surface area contributed by atoms with E-state index in [0.29, 0.717) is 18.2 Å². The van der Waals surface area contributed by atoms with E-state index in [9.17, 15) is 5.11 Å². The minimum atomic E-state index is -0.143. The fourth-order valence-corrected chi connectivity index (χ4v) is 3.82. The van der Waals surface area contributed by atoms with Gasteiger partial charge in [-0.15, -0.1) is 0 Å². The first-order valence-electron chi connectivity index (χ1n) is 7.65. The second-order valence-electron chi connectivity index (χ2n) is 6.20. The third kappa shape index (κ3) is 3.06. The van der Waals surface area contributed by atoms with Crippen molar-refractivity contribution in [1.29, 1.82) is 0 Å². The quantitative estimate of drug-likeness (QED) is 0.837. The minimum absolute atomic E-state index is 0.143. The maximum Gasteiger partial charge on any atom is 0.0703 e. The lowest BCUT2D eigenvalue weighted by Crippen LogP contribution is -2.51. The molecule has 2 aliphatic rings. The molecule has 0 spiro atoms. The molecule has 1 aliphatic carbocycles. The number of nitrogens with zero attached hydrogens (tertiary/aromatic N) is 1. The molecule has 0 radical (unpaired) electrons. The van der Waals surface area contributed by atoms with Gasteiger partial charge in [-0.3, -0.25) is 4.90 Å². The van der Waals surface area contributed by atoms with Crippen molar-refractivity contribution in [3.63, 3.8) is 0 Å². The van der Waals surface area contributed by atoms with E-state index in [1.165, 1.54) is 19.3 Å². The topological polar surface area (TPSA) is 32.7 Å². The number of hydrogen-bond acceptors (Lipinski definition) is 3. The zero-order chi connectivity index (χ0) is 13.1. The predicted molar refractivity (Wildman–Crippen MR) is 73.6 cm³/mol. The molecule has 1 heterocycles. The molecule has 5 unspecified atom stereocenters. The molecule has 1 aliphatic heterocycles. The van der Waals surface area contributed by atoms with Gasteiger partial charge in [-0.2, -0.15) is 0 Å². The zero-order valence-corrected chi connectivity index (χ0v) is 12.1. The summed E-state index contributed by atoms with van der Waals surface area (Å²) in [4.78, 5) is 2.41. The van der Waals surface area contributed by atoms with Gasteiger partial charge in [-0.25, -0.2) is 0 Å². The Morgan fingerprint density at radius 2 is 2.00 bits per heavy atom. The molecule has 2 rings (SSSR count). The normalized spacial score (nSPS) is 41.5. The van der Waals surface area contributed by atoms with Gasteiger partial charge in [0.25, 0.3) is 0 Å². The number of ether oxygens (including phenoxy) is 1. The van der Waals surface area contributed by atoms with Crippen molar-refractivity contribution in [1.82, 2.24) is 4.90 Å². The monoisotopic (exact) mass is 255 g/mol. The Morgan fingerprint density at radius 3 is 2.61 bits per heavy atom. The molecule has 0 aromatic heterocycles. The zero-order valence-electron chi connectivity index (χ0n) is 12.1. The first-order chi connectivity index (χ1) is 8.63. The van der Waals surface area contributed by atoms with Crippen LogP contribution in [0.3, 0.4) is 0 Å². The summed E-state index contributed by atoms with van der Waals surface area (Å²) in [6.45, 7) is 5.29. The molecule has 5 atom stereocenters. The number of aliphatic hydroxyl groups excluding tert-OH is 1. The third-order valence-electron chi connectivity index (χ3n) is 4.97. The lowest BCUT2D eigenvalue weighted by Gasteiger charge is -2.42. The van der Waals surface area contributed by atoms with Crippen LogP contribution in [0.2, 0.25) is 0 Å². The van der Waals surface area contributed by atoms with Crippen molar-refractivity contribution < 1.29 is 9.84 Å². The summed E-state index contributed by atoms with van der Waals surface area (Å²) in [5.41, 5.74) is 0. The highest BCUT2D eigenvalue weighted by Gasteiger charge is 2.37. The van der Waals surface area contributed by atoms with E-state index < -0.39 is 0 Å². The van der Waals surface area contributed by atoms with Gasteiger partial charge in [-0.1, -0.05) is 19.8 Å². The van der Waals surface area contributed by atoms with Crippen LogP contribution in [0.4, 0.5) is 0 Å². The van der Waals surface area contributed by atoms with Crippen LogP contribution in [0.25, 0.3) is 0 Å². The Morgan fingerprint density at radius 1 is 1.22 bits per heavy atom. The smallest absolute Gasteiger partial charge is 0.0703 e. The molecule has 0 bridgehead atoms. The van der Waals surface area contributed by atoms with E-state index in [-0.39, 0.29) is 6.10 Å². The Balaban J connectivity index is 1.96. The first kappa shape index (κ1) is 14.3. The summed E-state index contributed by atoms with van der Waals surface area (Å²) in [5, 5.41) is 10.3. The Kier molecular flexibility index (Phi) is 5.05. The van der Waals surface area contributed by atoms with Gasteiger partial charge in [0, 0.05) is 18.7 Å². The fourth-order valence-electron chi connectivity index (χ4n) is 3.82. The minimum Gasteiger partial charge on any atom is -0.391 e. The van der Waals surface area contributed by atoms with Crippen LogP contribution < -0.4 is 0 Å². The van der Waals surface area contributed by atoms with Crippen LogP contribution in [0, 0.1) is 5.92 Å². The molecule has 0 amide bonds. The molecule has 0 aromatic rings. The van der Waals surface area contributed by atoms with Crippen LogP contribution >= 0.6 is 0 Å². The van der Waals surface area contributed by atoms with Crippen molar-refractivity contribution in [2.24, 2.45) is 5.92 Å². The molecular formula is C15H29NO2. The van der Waals surface area contributed by atoms with Crippen LogP contribution in [0.15, 0.2) is 0 Å². The van der Waals surface area contributed by atoms with Gasteiger partial charge < -0.3 is 9.84 Å². The van der Waals surface area contributed by atoms with Crippen LogP contribution in [0.1, 0.15) is 52.4 Å². The third-order valence-corrected chi connectivity index (χ3v) is 4.97. The number of hydrogen-bond donors (Lipinski definition) is 1. The van der Waals surface area contributed by atoms with Crippen molar-refractivity contribution in [2.75, 3.05) is 13.7 Å². The number of likely N-dealkylation sites (N-methyl/N-ethyl adjacent to an activating group) is 1. The van der Waals surface area contributed by atoms with Crippen LogP contribution in [-0.2, 0) is 4.74 Å². The molecule has 18 heavy (non-hydrogen) atoms. The van der Waals surface area contributed by atoms with Crippen molar-refractivity contribution in [2.45, 2.75) is 76.7 Å². The SMILES string of the molecule is CCCC1CCC(O)C(N(C)C2CCOC2C)C1. The summed E-state index contributed by atoms with van der Waals surface area (Å²) < 4.78 is 5.66. The lowest BCUT2D eigenvalue weighted by molar-refractivity contribution is -0.0187. The standard InChI is InChI=1S/C15H29NO2/c1-4-5-12-6-7-15(17)14(10-12)16(3)13-8-9-18-11(13)2/h11-15,17H,4-10H2,1-3H3. The highest BCUT2D eigenvalue weighted by Crippen LogP contribution is 2.33. The fraction of sp³-hybridized carbons (Fsp3) is 1.00. The largest absolute Gasteiger partial charge is 0.391 e. The van der Waals surface area contributed by atoms with Gasteiger partial charge in [0.05, 0.1) is 12.2 Å². The maximum absolute atomic E-state index is 10.3. The van der Waals surface area contributed by atoms with Crippen LogP contribution in [-0.4, -0.2) is 48.0 Å². The van der Waals surface area contributed by atoms with Gasteiger partial charge in [0.1, 0.15) is 0 Å². The Hall–Kier alpha value is -0.120. The second kappa shape index (κ2) is 6.36. The van der Waals surface area contributed by atoms with E-state index in [4.69, 9.17) is 4.74 Å². The lowest BCUT2D eigenvalue weighted by atomic mass is 9.80. The van der Waals surface area contributed by atoms with Gasteiger partial charge in [-0.05, 0) is 45.6 Å². The van der Waals surface area contributed by atoms with Gasteiger partial charge in [0.15, 0.2) is 0 Å². The molecule has 1 N–H and O–H groups in total. The number of rotatable bonds is 4. The summed E-state index contributed by atoms with van der Waals surface area (Å²) in [7, 11) is 2.18. The average Bonchev–Trinajstić information content (AvgIpc) is 2.77. The van der Waals surface area contributed by atoms with Crippen molar-refractivity contribution in [3.8, 4) is 0 Å². The molecule has 3 heteroatoms. The maximum atomic E-state index is 10.3. The molecule has 1 saturated carbocycles. The average molecular weight is 255 g/mol. The first-order valence-corrected chi connectivity index (χ1v) is 7.65. The van der Waals surface area contributed by atoms with E-state index >= 15 is 0 Å². The van der Waals surface area contributed by atoms with E-state index in [1.807, 2.05) is 0 Å². The van der Waals surface area contributed by atoms with Crippen molar-refractivity contribution in [3.05, 3.63) is 0 Å². The Bertz CT molecular complexity index is 259. The highest BCUT2D eigenvalue weighted by molar-refractivity contribution is 4.91.